The average molecular weight is 311 g/mol. The van der Waals surface area contributed by atoms with E-state index in [2.05, 4.69) is 15.9 Å². The van der Waals surface area contributed by atoms with E-state index in [0.717, 1.165) is 10.0 Å². The molecule has 0 radical (unpaired) electrons. The van der Waals surface area contributed by atoms with Crippen LogP contribution in [0.25, 0.3) is 0 Å². The smallest absolute Gasteiger partial charge is 0.127 e. The van der Waals surface area contributed by atoms with Crippen molar-refractivity contribution in [3.8, 4) is 11.5 Å². The Morgan fingerprint density at radius 2 is 1.72 bits per heavy atom. The van der Waals surface area contributed by atoms with Crippen molar-refractivity contribution < 1.29 is 13.9 Å². The summed E-state index contributed by atoms with van der Waals surface area (Å²) in [6.45, 7) is 0.501. The maximum Gasteiger partial charge on any atom is 0.127 e. The molecule has 0 aromatic heterocycles. The normalized spacial score (nSPS) is 10.4. The molecule has 0 atom stereocenters. The maximum atomic E-state index is 12.8. The molecule has 0 aliphatic rings. The average Bonchev–Trinajstić information content (AvgIpc) is 2.37. The van der Waals surface area contributed by atoms with Gasteiger partial charge in [-0.25, -0.2) is 4.39 Å². The van der Waals surface area contributed by atoms with Gasteiger partial charge in [-0.2, -0.15) is 0 Å². The topological polar surface area (TPSA) is 18.5 Å². The zero-order chi connectivity index (χ0) is 13.0. The fraction of sp³-hybridized carbons (Fsp3) is 0.143. The van der Waals surface area contributed by atoms with Crippen LogP contribution < -0.4 is 4.74 Å². The van der Waals surface area contributed by atoms with Crippen LogP contribution in [0, 0.1) is 5.82 Å². The van der Waals surface area contributed by atoms with E-state index >= 15 is 0 Å². The van der Waals surface area contributed by atoms with Gasteiger partial charge in [0.25, 0.3) is 0 Å². The Morgan fingerprint density at radius 3 is 2.39 bits per heavy atom. The van der Waals surface area contributed by atoms with Crippen molar-refractivity contribution in [3.63, 3.8) is 0 Å². The van der Waals surface area contributed by atoms with Gasteiger partial charge in [-0.3, -0.25) is 0 Å². The summed E-state index contributed by atoms with van der Waals surface area (Å²) >= 11 is 3.44. The summed E-state index contributed by atoms with van der Waals surface area (Å²) in [6.07, 6.45) is 0. The van der Waals surface area contributed by atoms with Crippen LogP contribution in [0.5, 0.6) is 11.5 Å². The number of hydrogen-bond acceptors (Lipinski definition) is 2. The van der Waals surface area contributed by atoms with E-state index in [1.165, 1.54) is 12.1 Å². The molecule has 0 heterocycles. The molecule has 0 aliphatic carbocycles. The lowest BCUT2D eigenvalue weighted by Gasteiger charge is -2.09. The SMILES string of the molecule is COCc1cc(Oc2ccc(F)cc2)ccc1Br. The Hall–Kier alpha value is -1.39. The van der Waals surface area contributed by atoms with Gasteiger partial charge in [-0.15, -0.1) is 0 Å². The highest BCUT2D eigenvalue weighted by Gasteiger charge is 2.03. The Balaban J connectivity index is 2.18. The molecular weight excluding hydrogens is 299 g/mol. The minimum Gasteiger partial charge on any atom is -0.457 e. The Kier molecular flexibility index (Phi) is 4.33. The fourth-order valence-corrected chi connectivity index (χ4v) is 1.88. The molecule has 94 valence electrons. The summed E-state index contributed by atoms with van der Waals surface area (Å²) in [4.78, 5) is 0. The molecule has 0 saturated heterocycles. The molecular formula is C14H12BrFO2. The van der Waals surface area contributed by atoms with E-state index in [9.17, 15) is 4.39 Å². The summed E-state index contributed by atoms with van der Waals surface area (Å²) in [5, 5.41) is 0. The van der Waals surface area contributed by atoms with Crippen LogP contribution in [0.2, 0.25) is 0 Å². The number of benzene rings is 2. The Bertz CT molecular complexity index is 526. The number of rotatable bonds is 4. The number of ether oxygens (including phenoxy) is 2. The largest absolute Gasteiger partial charge is 0.457 e. The van der Waals surface area contributed by atoms with E-state index in [1.807, 2.05) is 18.2 Å². The standard InChI is InChI=1S/C14H12BrFO2/c1-17-9-10-8-13(6-7-14(10)15)18-12-4-2-11(16)3-5-12/h2-8H,9H2,1H3. The van der Waals surface area contributed by atoms with E-state index in [-0.39, 0.29) is 5.82 Å². The predicted octanol–water partition coefficient (Wildman–Crippen LogP) is 4.53. The third-order valence-electron chi connectivity index (χ3n) is 2.37. The predicted molar refractivity (Wildman–Crippen MR) is 71.3 cm³/mol. The minimum absolute atomic E-state index is 0.279. The van der Waals surface area contributed by atoms with Crippen molar-refractivity contribution in [2.75, 3.05) is 7.11 Å². The molecule has 2 rings (SSSR count). The van der Waals surface area contributed by atoms with E-state index < -0.39 is 0 Å². The van der Waals surface area contributed by atoms with Crippen molar-refractivity contribution >= 4 is 15.9 Å². The van der Waals surface area contributed by atoms with Gasteiger partial charge in [-0.1, -0.05) is 15.9 Å². The first-order valence-corrected chi connectivity index (χ1v) is 6.19. The molecule has 4 heteroatoms. The molecule has 0 N–H and O–H groups in total. The Labute approximate surface area is 113 Å². The highest BCUT2D eigenvalue weighted by molar-refractivity contribution is 9.10. The van der Waals surface area contributed by atoms with E-state index in [1.54, 1.807) is 19.2 Å². The third-order valence-corrected chi connectivity index (χ3v) is 3.14. The highest BCUT2D eigenvalue weighted by Crippen LogP contribution is 2.27. The molecule has 18 heavy (non-hydrogen) atoms. The zero-order valence-corrected chi connectivity index (χ0v) is 11.4. The number of halogens is 2. The molecule has 0 spiro atoms. The highest BCUT2D eigenvalue weighted by atomic mass is 79.9. The lowest BCUT2D eigenvalue weighted by atomic mass is 10.2. The van der Waals surface area contributed by atoms with Crippen LogP contribution in [0.1, 0.15) is 5.56 Å². The molecule has 0 amide bonds. The Morgan fingerprint density at radius 1 is 1.06 bits per heavy atom. The van der Waals surface area contributed by atoms with Gasteiger partial charge in [-0.05, 0) is 48.0 Å². The fourth-order valence-electron chi connectivity index (χ4n) is 1.52. The lowest BCUT2D eigenvalue weighted by molar-refractivity contribution is 0.184. The van der Waals surface area contributed by atoms with Gasteiger partial charge in [0, 0.05) is 11.6 Å². The zero-order valence-electron chi connectivity index (χ0n) is 9.82. The summed E-state index contributed by atoms with van der Waals surface area (Å²) in [6, 6.07) is 11.5. The minimum atomic E-state index is -0.279. The first kappa shape index (κ1) is 13.1. The van der Waals surface area contributed by atoms with Crippen LogP contribution in [0.4, 0.5) is 4.39 Å². The van der Waals surface area contributed by atoms with Crippen molar-refractivity contribution in [1.82, 2.24) is 0 Å². The summed E-state index contributed by atoms with van der Waals surface area (Å²) < 4.78 is 24.5. The molecule has 0 saturated carbocycles. The first-order chi connectivity index (χ1) is 8.69. The van der Waals surface area contributed by atoms with Crippen molar-refractivity contribution in [1.29, 1.82) is 0 Å². The monoisotopic (exact) mass is 310 g/mol. The number of hydrogen-bond donors (Lipinski definition) is 0. The molecule has 0 fully saturated rings. The van der Waals surface area contributed by atoms with E-state index in [0.29, 0.717) is 18.1 Å². The molecule has 0 bridgehead atoms. The second kappa shape index (κ2) is 5.98. The van der Waals surface area contributed by atoms with Crippen molar-refractivity contribution in [3.05, 3.63) is 58.3 Å². The molecule has 2 aromatic carbocycles. The van der Waals surface area contributed by atoms with Gasteiger partial charge in [0.05, 0.1) is 6.61 Å². The third kappa shape index (κ3) is 3.31. The lowest BCUT2D eigenvalue weighted by Crippen LogP contribution is -1.91. The molecule has 0 aliphatic heterocycles. The summed E-state index contributed by atoms with van der Waals surface area (Å²) in [7, 11) is 1.64. The molecule has 2 nitrogen and oxygen atoms in total. The van der Waals surface area contributed by atoms with Gasteiger partial charge >= 0.3 is 0 Å². The van der Waals surface area contributed by atoms with Gasteiger partial charge in [0.15, 0.2) is 0 Å². The van der Waals surface area contributed by atoms with Crippen LogP contribution in [-0.2, 0) is 11.3 Å². The number of methoxy groups -OCH3 is 1. The van der Waals surface area contributed by atoms with Gasteiger partial charge in [0.1, 0.15) is 17.3 Å². The quantitative estimate of drug-likeness (QED) is 0.826. The van der Waals surface area contributed by atoms with Gasteiger partial charge in [0.2, 0.25) is 0 Å². The second-order valence-corrected chi connectivity index (χ2v) is 4.60. The molecule has 2 aromatic rings. The van der Waals surface area contributed by atoms with Crippen LogP contribution in [0.15, 0.2) is 46.9 Å². The molecule has 0 unspecified atom stereocenters. The second-order valence-electron chi connectivity index (χ2n) is 3.74. The summed E-state index contributed by atoms with van der Waals surface area (Å²) in [5.41, 5.74) is 0.997. The van der Waals surface area contributed by atoms with Crippen LogP contribution in [0.3, 0.4) is 0 Å². The maximum absolute atomic E-state index is 12.8. The van der Waals surface area contributed by atoms with Crippen LogP contribution >= 0.6 is 15.9 Å². The first-order valence-electron chi connectivity index (χ1n) is 5.40. The van der Waals surface area contributed by atoms with E-state index in [4.69, 9.17) is 9.47 Å². The summed E-state index contributed by atoms with van der Waals surface area (Å²) in [5.74, 6) is 1.01. The van der Waals surface area contributed by atoms with Crippen molar-refractivity contribution in [2.24, 2.45) is 0 Å². The van der Waals surface area contributed by atoms with Crippen LogP contribution in [-0.4, -0.2) is 7.11 Å². The van der Waals surface area contributed by atoms with Crippen molar-refractivity contribution in [2.45, 2.75) is 6.61 Å². The van der Waals surface area contributed by atoms with Gasteiger partial charge < -0.3 is 9.47 Å².